The Labute approximate surface area is 128 Å². The van der Waals surface area contributed by atoms with Gasteiger partial charge in [0.15, 0.2) is 11.5 Å². The number of aromatic nitrogens is 4. The van der Waals surface area contributed by atoms with Crippen LogP contribution < -0.4 is 4.90 Å². The van der Waals surface area contributed by atoms with Gasteiger partial charge in [-0.1, -0.05) is 6.92 Å². The molecule has 0 unspecified atom stereocenters. The third-order valence-corrected chi connectivity index (χ3v) is 3.85. The number of hydrogen-bond acceptors (Lipinski definition) is 6. The van der Waals surface area contributed by atoms with E-state index in [2.05, 4.69) is 21.1 Å². The van der Waals surface area contributed by atoms with Crippen LogP contribution in [0.4, 0.5) is 5.82 Å². The van der Waals surface area contributed by atoms with Crippen molar-refractivity contribution in [3.8, 4) is 6.07 Å². The van der Waals surface area contributed by atoms with E-state index in [0.717, 1.165) is 25.2 Å². The van der Waals surface area contributed by atoms with Crippen LogP contribution in [-0.4, -0.2) is 31.4 Å². The lowest BCUT2D eigenvalue weighted by molar-refractivity contribution is 0.168. The van der Waals surface area contributed by atoms with Gasteiger partial charge < -0.3 is 10.0 Å². The Morgan fingerprint density at radius 2 is 2.18 bits per heavy atom. The summed E-state index contributed by atoms with van der Waals surface area (Å²) in [7, 11) is 0. The van der Waals surface area contributed by atoms with Crippen molar-refractivity contribution in [2.24, 2.45) is 0 Å². The molecule has 114 valence electrons. The van der Waals surface area contributed by atoms with E-state index in [1.54, 1.807) is 6.20 Å². The predicted molar refractivity (Wildman–Crippen MR) is 79.9 cm³/mol. The minimum atomic E-state index is -0.529. The summed E-state index contributed by atoms with van der Waals surface area (Å²) in [6, 6.07) is 4.03. The van der Waals surface area contributed by atoms with Crippen molar-refractivity contribution in [2.45, 2.75) is 39.0 Å². The molecule has 0 aliphatic carbocycles. The molecule has 0 fully saturated rings. The van der Waals surface area contributed by atoms with E-state index in [-0.39, 0.29) is 0 Å². The number of aliphatic hydroxyl groups is 1. The number of rotatable bonds is 3. The SMILES string of the molecule is CC[C@@H](O)c1cc2n(n1)CCCN(c1nccnc1C#N)C2. The summed E-state index contributed by atoms with van der Waals surface area (Å²) in [5.41, 5.74) is 2.07. The molecular weight excluding hydrogens is 280 g/mol. The first-order valence-corrected chi connectivity index (χ1v) is 7.43. The largest absolute Gasteiger partial charge is 0.387 e. The van der Waals surface area contributed by atoms with Gasteiger partial charge in [-0.25, -0.2) is 9.97 Å². The maximum Gasteiger partial charge on any atom is 0.183 e. The maximum atomic E-state index is 9.96. The molecule has 1 aliphatic heterocycles. The zero-order chi connectivity index (χ0) is 15.5. The molecule has 0 saturated heterocycles. The number of nitriles is 1. The average molecular weight is 298 g/mol. The summed E-state index contributed by atoms with van der Waals surface area (Å²) >= 11 is 0. The van der Waals surface area contributed by atoms with Crippen LogP contribution >= 0.6 is 0 Å². The molecule has 22 heavy (non-hydrogen) atoms. The smallest absolute Gasteiger partial charge is 0.183 e. The van der Waals surface area contributed by atoms with Gasteiger partial charge >= 0.3 is 0 Å². The fourth-order valence-corrected chi connectivity index (χ4v) is 2.68. The highest BCUT2D eigenvalue weighted by atomic mass is 16.3. The van der Waals surface area contributed by atoms with Gasteiger partial charge in [-0.2, -0.15) is 10.4 Å². The highest BCUT2D eigenvalue weighted by molar-refractivity contribution is 5.49. The molecule has 0 spiro atoms. The monoisotopic (exact) mass is 298 g/mol. The molecule has 1 atom stereocenters. The lowest BCUT2D eigenvalue weighted by Gasteiger charge is -2.21. The van der Waals surface area contributed by atoms with Crippen LogP contribution in [-0.2, 0) is 13.1 Å². The van der Waals surface area contributed by atoms with Gasteiger partial charge in [0.05, 0.1) is 24.0 Å². The van der Waals surface area contributed by atoms with Crippen molar-refractivity contribution in [3.63, 3.8) is 0 Å². The van der Waals surface area contributed by atoms with Crippen LogP contribution in [0.1, 0.15) is 43.0 Å². The van der Waals surface area contributed by atoms with Gasteiger partial charge in [0, 0.05) is 25.5 Å². The first-order valence-electron chi connectivity index (χ1n) is 7.43. The summed E-state index contributed by atoms with van der Waals surface area (Å²) in [5.74, 6) is 0.609. The van der Waals surface area contributed by atoms with Crippen LogP contribution in [0, 0.1) is 11.3 Å². The molecule has 7 heteroatoms. The van der Waals surface area contributed by atoms with Crippen LogP contribution in [0.2, 0.25) is 0 Å². The second-order valence-corrected chi connectivity index (χ2v) is 5.32. The Bertz CT molecular complexity index is 704. The minimum Gasteiger partial charge on any atom is -0.387 e. The third kappa shape index (κ3) is 2.65. The molecule has 3 heterocycles. The minimum absolute atomic E-state index is 0.337. The van der Waals surface area contributed by atoms with E-state index in [9.17, 15) is 10.4 Å². The van der Waals surface area contributed by atoms with Gasteiger partial charge in [-0.3, -0.25) is 4.68 Å². The molecular formula is C15H18N6O. The molecule has 2 aromatic rings. The van der Waals surface area contributed by atoms with Gasteiger partial charge in [0.25, 0.3) is 0 Å². The van der Waals surface area contributed by atoms with E-state index in [1.165, 1.54) is 6.20 Å². The summed E-state index contributed by atoms with van der Waals surface area (Å²) in [4.78, 5) is 10.4. The van der Waals surface area contributed by atoms with E-state index < -0.39 is 6.10 Å². The van der Waals surface area contributed by atoms with Gasteiger partial charge in [0.2, 0.25) is 0 Å². The molecule has 0 bridgehead atoms. The second kappa shape index (κ2) is 6.12. The van der Waals surface area contributed by atoms with Crippen molar-refractivity contribution in [3.05, 3.63) is 35.5 Å². The second-order valence-electron chi connectivity index (χ2n) is 5.32. The van der Waals surface area contributed by atoms with Crippen molar-refractivity contribution >= 4 is 5.82 Å². The van der Waals surface area contributed by atoms with Crippen LogP contribution in [0.5, 0.6) is 0 Å². The topological polar surface area (TPSA) is 90.9 Å². The lowest BCUT2D eigenvalue weighted by atomic mass is 10.2. The molecule has 7 nitrogen and oxygen atoms in total. The third-order valence-electron chi connectivity index (χ3n) is 3.85. The van der Waals surface area contributed by atoms with Crippen molar-refractivity contribution in [2.75, 3.05) is 11.4 Å². The molecule has 1 aliphatic rings. The van der Waals surface area contributed by atoms with Gasteiger partial charge in [-0.15, -0.1) is 0 Å². The summed E-state index contributed by atoms with van der Waals surface area (Å²) in [6.07, 6.45) is 4.14. The molecule has 0 saturated carbocycles. The van der Waals surface area contributed by atoms with Crippen LogP contribution in [0.15, 0.2) is 18.5 Å². The Balaban J connectivity index is 1.91. The summed E-state index contributed by atoms with van der Waals surface area (Å²) < 4.78 is 1.94. The zero-order valence-electron chi connectivity index (χ0n) is 12.5. The fourth-order valence-electron chi connectivity index (χ4n) is 2.68. The molecule has 1 N–H and O–H groups in total. The van der Waals surface area contributed by atoms with Crippen LogP contribution in [0.25, 0.3) is 0 Å². The Morgan fingerprint density at radius 1 is 1.36 bits per heavy atom. The molecule has 0 aromatic carbocycles. The highest BCUT2D eigenvalue weighted by Crippen LogP contribution is 2.23. The predicted octanol–water partition coefficient (Wildman–Crippen LogP) is 1.40. The molecule has 3 rings (SSSR count). The molecule has 2 aromatic heterocycles. The number of aryl methyl sites for hydroxylation is 1. The standard InChI is InChI=1S/C15H18N6O/c1-2-14(22)12-8-11-10-20(6-3-7-21(11)19-12)15-13(9-16)17-4-5-18-15/h4-5,8,14,22H,2-3,6-7,10H2,1H3/t14-/m1/s1. The first kappa shape index (κ1) is 14.5. The Hall–Kier alpha value is -2.46. The summed E-state index contributed by atoms with van der Waals surface area (Å²) in [5, 5.41) is 23.6. The Morgan fingerprint density at radius 3 is 2.95 bits per heavy atom. The van der Waals surface area contributed by atoms with Gasteiger partial charge in [0.1, 0.15) is 6.07 Å². The number of anilines is 1. The number of nitrogens with zero attached hydrogens (tertiary/aromatic N) is 6. The van der Waals surface area contributed by atoms with E-state index in [4.69, 9.17) is 0 Å². The van der Waals surface area contributed by atoms with Crippen molar-refractivity contribution in [1.29, 1.82) is 5.26 Å². The summed E-state index contributed by atoms with van der Waals surface area (Å²) in [6.45, 7) is 4.13. The first-order chi connectivity index (χ1) is 10.7. The Kier molecular flexibility index (Phi) is 4.02. The maximum absolute atomic E-state index is 9.96. The zero-order valence-corrected chi connectivity index (χ0v) is 12.5. The van der Waals surface area contributed by atoms with Crippen molar-refractivity contribution < 1.29 is 5.11 Å². The lowest BCUT2D eigenvalue weighted by Crippen LogP contribution is -2.24. The van der Waals surface area contributed by atoms with E-state index in [1.807, 2.05) is 22.6 Å². The average Bonchev–Trinajstić information content (AvgIpc) is 2.86. The highest BCUT2D eigenvalue weighted by Gasteiger charge is 2.21. The van der Waals surface area contributed by atoms with E-state index >= 15 is 0 Å². The number of fused-ring (bicyclic) bond motifs is 1. The van der Waals surface area contributed by atoms with Crippen LogP contribution in [0.3, 0.4) is 0 Å². The number of aliphatic hydroxyl groups excluding tert-OH is 1. The molecule has 0 radical (unpaired) electrons. The van der Waals surface area contributed by atoms with E-state index in [0.29, 0.717) is 30.2 Å². The molecule has 0 amide bonds. The normalized spacial score (nSPS) is 15.8. The van der Waals surface area contributed by atoms with Gasteiger partial charge in [-0.05, 0) is 18.9 Å². The fraction of sp³-hybridized carbons (Fsp3) is 0.467. The number of hydrogen-bond donors (Lipinski definition) is 1. The van der Waals surface area contributed by atoms with Crippen molar-refractivity contribution in [1.82, 2.24) is 19.7 Å². The quantitative estimate of drug-likeness (QED) is 0.921.